The summed E-state index contributed by atoms with van der Waals surface area (Å²) in [5.74, 6) is 3.09. The molecule has 136 valence electrons. The summed E-state index contributed by atoms with van der Waals surface area (Å²) in [5, 5.41) is 8.91. The molecule has 3 aliphatic rings. The number of carbonyl (C=O) groups excluding carboxylic acids is 1. The molecule has 1 aromatic heterocycles. The molecule has 1 aromatic carbocycles. The molecule has 1 amide bonds. The first-order valence-electron chi connectivity index (χ1n) is 9.80. The highest BCUT2D eigenvalue weighted by atomic mass is 16.5. The van der Waals surface area contributed by atoms with E-state index in [4.69, 9.17) is 4.74 Å². The van der Waals surface area contributed by atoms with Crippen LogP contribution in [0.25, 0.3) is 0 Å². The van der Waals surface area contributed by atoms with E-state index in [9.17, 15) is 4.79 Å². The topological polar surface area (TPSA) is 60.2 Å². The van der Waals surface area contributed by atoms with Gasteiger partial charge < -0.3 is 14.2 Å². The van der Waals surface area contributed by atoms with Crippen molar-refractivity contribution in [2.24, 2.45) is 0 Å². The van der Waals surface area contributed by atoms with Crippen LogP contribution in [-0.2, 0) is 19.4 Å². The Hall–Kier alpha value is -2.37. The molecule has 4 heterocycles. The Morgan fingerprint density at radius 3 is 2.96 bits per heavy atom. The lowest BCUT2D eigenvalue weighted by Gasteiger charge is -2.35. The average molecular weight is 352 g/mol. The van der Waals surface area contributed by atoms with E-state index in [-0.39, 0.29) is 11.9 Å². The second-order valence-corrected chi connectivity index (χ2v) is 7.51. The van der Waals surface area contributed by atoms with E-state index in [0.717, 1.165) is 73.7 Å². The highest BCUT2D eigenvalue weighted by molar-refractivity contribution is 5.95. The number of rotatable bonds is 2. The van der Waals surface area contributed by atoms with Crippen LogP contribution >= 0.6 is 0 Å². The molecule has 1 saturated heterocycles. The van der Waals surface area contributed by atoms with E-state index in [1.54, 1.807) is 0 Å². The quantitative estimate of drug-likeness (QED) is 0.834. The maximum absolute atomic E-state index is 13.3. The largest absolute Gasteiger partial charge is 0.493 e. The Morgan fingerprint density at radius 2 is 2.00 bits per heavy atom. The maximum atomic E-state index is 13.3. The van der Waals surface area contributed by atoms with E-state index in [2.05, 4.69) is 14.8 Å². The number of likely N-dealkylation sites (tertiary alicyclic amines) is 1. The smallest absolute Gasteiger partial charge is 0.254 e. The number of aromatic nitrogens is 3. The van der Waals surface area contributed by atoms with Crippen molar-refractivity contribution in [1.82, 2.24) is 19.7 Å². The third-order valence-electron chi connectivity index (χ3n) is 5.89. The molecule has 6 heteroatoms. The van der Waals surface area contributed by atoms with Crippen molar-refractivity contribution in [1.29, 1.82) is 0 Å². The summed E-state index contributed by atoms with van der Waals surface area (Å²) in [7, 11) is 0. The summed E-state index contributed by atoms with van der Waals surface area (Å²) in [6.07, 6.45) is 7.39. The molecule has 6 nitrogen and oxygen atoms in total. The summed E-state index contributed by atoms with van der Waals surface area (Å²) in [6.45, 7) is 2.48. The molecule has 2 aromatic rings. The minimum absolute atomic E-state index is 0.0418. The van der Waals surface area contributed by atoms with Gasteiger partial charge in [-0.25, -0.2) is 0 Å². The van der Waals surface area contributed by atoms with E-state index in [1.165, 1.54) is 12.8 Å². The molecule has 0 bridgehead atoms. The second-order valence-electron chi connectivity index (χ2n) is 7.51. The molecule has 3 aliphatic heterocycles. The monoisotopic (exact) mass is 352 g/mol. The third-order valence-corrected chi connectivity index (χ3v) is 5.89. The summed E-state index contributed by atoms with van der Waals surface area (Å²) in [4.78, 5) is 15.3. The van der Waals surface area contributed by atoms with Gasteiger partial charge in [-0.1, -0.05) is 0 Å². The fourth-order valence-corrected chi connectivity index (χ4v) is 4.51. The Balaban J connectivity index is 1.46. The molecule has 1 fully saturated rings. The fourth-order valence-electron chi connectivity index (χ4n) is 4.51. The number of benzene rings is 1. The molecule has 0 radical (unpaired) electrons. The highest BCUT2D eigenvalue weighted by Gasteiger charge is 2.33. The predicted molar refractivity (Wildman–Crippen MR) is 96.2 cm³/mol. The lowest BCUT2D eigenvalue weighted by atomic mass is 9.99. The van der Waals surface area contributed by atoms with Crippen molar-refractivity contribution in [2.45, 2.75) is 57.5 Å². The SMILES string of the molecule is O=C(c1ccc2c(c1)CCO2)N1CCCC[C@@H]1c1nnc2n1CCCC2. The van der Waals surface area contributed by atoms with Gasteiger partial charge in [0.25, 0.3) is 5.91 Å². The van der Waals surface area contributed by atoms with Gasteiger partial charge in [-0.3, -0.25) is 4.79 Å². The van der Waals surface area contributed by atoms with E-state index >= 15 is 0 Å². The number of nitrogens with zero attached hydrogens (tertiary/aromatic N) is 4. The summed E-state index contributed by atoms with van der Waals surface area (Å²) < 4.78 is 7.83. The van der Waals surface area contributed by atoms with E-state index in [0.29, 0.717) is 6.61 Å². The lowest BCUT2D eigenvalue weighted by molar-refractivity contribution is 0.0593. The second kappa shape index (κ2) is 6.41. The molecule has 0 aliphatic carbocycles. The predicted octanol–water partition coefficient (Wildman–Crippen LogP) is 2.92. The van der Waals surface area contributed by atoms with Crippen LogP contribution in [0.1, 0.15) is 65.7 Å². The Morgan fingerprint density at radius 1 is 1.08 bits per heavy atom. The average Bonchev–Trinajstić information content (AvgIpc) is 3.33. The summed E-state index contributed by atoms with van der Waals surface area (Å²) in [5.41, 5.74) is 1.91. The summed E-state index contributed by atoms with van der Waals surface area (Å²) in [6, 6.07) is 5.89. The van der Waals surface area contributed by atoms with Crippen molar-refractivity contribution in [3.8, 4) is 5.75 Å². The third kappa shape index (κ3) is 2.59. The van der Waals surface area contributed by atoms with Crippen molar-refractivity contribution in [2.75, 3.05) is 13.2 Å². The van der Waals surface area contributed by atoms with Crippen LogP contribution in [0.3, 0.4) is 0 Å². The number of carbonyl (C=O) groups is 1. The number of aryl methyl sites for hydroxylation is 1. The van der Waals surface area contributed by atoms with Crippen molar-refractivity contribution in [3.63, 3.8) is 0 Å². The molecular weight excluding hydrogens is 328 g/mol. The van der Waals surface area contributed by atoms with Gasteiger partial charge in [0.05, 0.1) is 12.6 Å². The Kier molecular flexibility index (Phi) is 3.91. The fraction of sp³-hybridized carbons (Fsp3) is 0.550. The molecule has 0 saturated carbocycles. The van der Waals surface area contributed by atoms with Crippen LogP contribution in [0.2, 0.25) is 0 Å². The molecule has 1 atom stereocenters. The first-order valence-corrected chi connectivity index (χ1v) is 9.80. The number of ether oxygens (including phenoxy) is 1. The first-order chi connectivity index (χ1) is 12.8. The van der Waals surface area contributed by atoms with Gasteiger partial charge in [-0.15, -0.1) is 10.2 Å². The minimum atomic E-state index is 0.0418. The van der Waals surface area contributed by atoms with E-state index in [1.807, 2.05) is 23.1 Å². The number of hydrogen-bond acceptors (Lipinski definition) is 4. The first kappa shape index (κ1) is 15.9. The standard InChI is InChI=1S/C20H24N4O2/c25-20(15-7-8-17-14(13-15)9-12-26-17)23-10-3-1-5-16(23)19-22-21-18-6-2-4-11-24(18)19/h7-8,13,16H,1-6,9-12H2/t16-/m1/s1. The van der Waals surface area contributed by atoms with Gasteiger partial charge in [0.2, 0.25) is 0 Å². The highest BCUT2D eigenvalue weighted by Crippen LogP contribution is 2.34. The van der Waals surface area contributed by atoms with Gasteiger partial charge in [0.15, 0.2) is 5.82 Å². The molecule has 0 N–H and O–H groups in total. The van der Waals surface area contributed by atoms with Crippen LogP contribution in [0, 0.1) is 0 Å². The van der Waals surface area contributed by atoms with Crippen molar-refractivity contribution >= 4 is 5.91 Å². The van der Waals surface area contributed by atoms with Crippen LogP contribution < -0.4 is 4.74 Å². The molecule has 0 unspecified atom stereocenters. The van der Waals surface area contributed by atoms with Crippen LogP contribution in [0.4, 0.5) is 0 Å². The van der Waals surface area contributed by atoms with Crippen LogP contribution in [0.15, 0.2) is 18.2 Å². The van der Waals surface area contributed by atoms with Gasteiger partial charge in [-0.2, -0.15) is 0 Å². The molecular formula is C20H24N4O2. The zero-order chi connectivity index (χ0) is 17.5. The maximum Gasteiger partial charge on any atom is 0.254 e. The zero-order valence-electron chi connectivity index (χ0n) is 15.0. The lowest BCUT2D eigenvalue weighted by Crippen LogP contribution is -2.40. The Labute approximate surface area is 153 Å². The van der Waals surface area contributed by atoms with Crippen LogP contribution in [-0.4, -0.2) is 38.7 Å². The molecule has 5 rings (SSSR count). The van der Waals surface area contributed by atoms with Gasteiger partial charge >= 0.3 is 0 Å². The molecule has 26 heavy (non-hydrogen) atoms. The minimum Gasteiger partial charge on any atom is -0.493 e. The van der Waals surface area contributed by atoms with Crippen LogP contribution in [0.5, 0.6) is 5.75 Å². The number of hydrogen-bond donors (Lipinski definition) is 0. The number of amides is 1. The van der Waals surface area contributed by atoms with Crippen molar-refractivity contribution in [3.05, 3.63) is 41.0 Å². The van der Waals surface area contributed by atoms with E-state index < -0.39 is 0 Å². The summed E-state index contributed by atoms with van der Waals surface area (Å²) >= 11 is 0. The molecule has 0 spiro atoms. The van der Waals surface area contributed by atoms with Gasteiger partial charge in [-0.05, 0) is 55.9 Å². The van der Waals surface area contributed by atoms with Gasteiger partial charge in [0.1, 0.15) is 11.6 Å². The normalized spacial score (nSPS) is 21.8. The van der Waals surface area contributed by atoms with Gasteiger partial charge in [0, 0.05) is 31.5 Å². The van der Waals surface area contributed by atoms with Crippen molar-refractivity contribution < 1.29 is 9.53 Å². The number of fused-ring (bicyclic) bond motifs is 2. The zero-order valence-corrected chi connectivity index (χ0v) is 15.0. The Bertz CT molecular complexity index is 844. The number of piperidine rings is 1.